The van der Waals surface area contributed by atoms with Crippen LogP contribution in [-0.2, 0) is 12.8 Å². The fourth-order valence-corrected chi connectivity index (χ4v) is 3.50. The molecule has 2 amide bonds. The highest BCUT2D eigenvalue weighted by Gasteiger charge is 2.30. The average molecular weight is 449 g/mol. The highest BCUT2D eigenvalue weighted by molar-refractivity contribution is 7.13. The summed E-state index contributed by atoms with van der Waals surface area (Å²) in [6, 6.07) is 11.9. The minimum atomic E-state index is -4.36. The monoisotopic (exact) mass is 449 g/mol. The number of urea groups is 1. The molecule has 0 fully saturated rings. The Morgan fingerprint density at radius 3 is 2.35 bits per heavy atom. The molecule has 0 saturated carbocycles. The number of halogens is 3. The van der Waals surface area contributed by atoms with Gasteiger partial charge in [-0.2, -0.15) is 13.2 Å². The molecule has 5 nitrogen and oxygen atoms in total. The van der Waals surface area contributed by atoms with Crippen LogP contribution in [0.5, 0.6) is 5.75 Å². The van der Waals surface area contributed by atoms with Gasteiger partial charge in [-0.05, 0) is 50.2 Å². The highest BCUT2D eigenvalue weighted by Crippen LogP contribution is 2.32. The second-order valence-corrected chi connectivity index (χ2v) is 8.02. The van der Waals surface area contributed by atoms with Crippen molar-refractivity contribution in [3.05, 3.63) is 65.2 Å². The molecule has 0 aliphatic carbocycles. The Kier molecular flexibility index (Phi) is 6.84. The van der Waals surface area contributed by atoms with Crippen LogP contribution in [0.25, 0.3) is 10.6 Å². The lowest BCUT2D eigenvalue weighted by atomic mass is 10.1. The van der Waals surface area contributed by atoms with E-state index in [4.69, 9.17) is 4.74 Å². The lowest BCUT2D eigenvalue weighted by Crippen LogP contribution is -2.40. The fraction of sp³-hybridized carbons (Fsp3) is 0.273. The van der Waals surface area contributed by atoms with E-state index in [1.165, 1.54) is 28.4 Å². The molecule has 1 heterocycles. The number of hydrogen-bond donors (Lipinski definition) is 1. The van der Waals surface area contributed by atoms with Gasteiger partial charge in [-0.25, -0.2) is 9.78 Å². The number of nitrogens with zero attached hydrogens (tertiary/aromatic N) is 2. The van der Waals surface area contributed by atoms with Crippen LogP contribution < -0.4 is 15.0 Å². The number of thiazole rings is 1. The summed E-state index contributed by atoms with van der Waals surface area (Å²) in [5.74, 6) is 0.616. The number of hydrogen-bond acceptors (Lipinski definition) is 4. The van der Waals surface area contributed by atoms with Crippen molar-refractivity contribution in [1.29, 1.82) is 0 Å². The Balaban J connectivity index is 1.59. The van der Waals surface area contributed by atoms with Crippen molar-refractivity contribution in [3.8, 4) is 16.3 Å². The summed E-state index contributed by atoms with van der Waals surface area (Å²) < 4.78 is 43.8. The highest BCUT2D eigenvalue weighted by atomic mass is 32.1. The first-order chi connectivity index (χ1) is 14.6. The van der Waals surface area contributed by atoms with Gasteiger partial charge in [0.25, 0.3) is 0 Å². The largest absolute Gasteiger partial charge is 0.487 e. The van der Waals surface area contributed by atoms with Crippen LogP contribution in [-0.4, -0.2) is 24.1 Å². The fourth-order valence-electron chi connectivity index (χ4n) is 2.69. The minimum Gasteiger partial charge on any atom is -0.487 e. The molecule has 2 aromatic carbocycles. The molecule has 0 atom stereocenters. The van der Waals surface area contributed by atoms with E-state index in [9.17, 15) is 18.0 Å². The Morgan fingerprint density at radius 1 is 1.13 bits per heavy atom. The number of ether oxygens (including phenoxy) is 1. The number of amides is 2. The van der Waals surface area contributed by atoms with Crippen molar-refractivity contribution >= 4 is 23.1 Å². The molecule has 0 aliphatic rings. The number of aromatic nitrogens is 1. The first-order valence-corrected chi connectivity index (χ1v) is 10.4. The molecule has 1 N–H and O–H groups in total. The van der Waals surface area contributed by atoms with E-state index in [1.807, 2.05) is 19.2 Å². The summed E-state index contributed by atoms with van der Waals surface area (Å²) in [5, 5.41) is 5.26. The minimum absolute atomic E-state index is 0.0446. The SMILES string of the molecule is CC(C)NC(=O)N(C)c1ccc(OCc2csc(-c3ccc(C(F)(F)F)cc3)n2)cc1. The molecule has 31 heavy (non-hydrogen) atoms. The second-order valence-electron chi connectivity index (χ2n) is 7.16. The molecule has 164 valence electrons. The van der Waals surface area contributed by atoms with Crippen molar-refractivity contribution in [2.75, 3.05) is 11.9 Å². The predicted molar refractivity (Wildman–Crippen MR) is 115 cm³/mol. The summed E-state index contributed by atoms with van der Waals surface area (Å²) in [6.07, 6.45) is -4.36. The maximum absolute atomic E-state index is 12.7. The summed E-state index contributed by atoms with van der Waals surface area (Å²) in [6.45, 7) is 4.01. The summed E-state index contributed by atoms with van der Waals surface area (Å²) in [4.78, 5) is 18.0. The number of carbonyl (C=O) groups excluding carboxylic acids is 1. The molecule has 9 heteroatoms. The molecule has 0 unspecified atom stereocenters. The third kappa shape index (κ3) is 5.97. The number of rotatable bonds is 6. The zero-order valence-electron chi connectivity index (χ0n) is 17.2. The van der Waals surface area contributed by atoms with Gasteiger partial charge < -0.3 is 10.1 Å². The molecule has 0 radical (unpaired) electrons. The van der Waals surface area contributed by atoms with E-state index in [0.29, 0.717) is 22.0 Å². The maximum Gasteiger partial charge on any atom is 0.416 e. The van der Waals surface area contributed by atoms with Gasteiger partial charge in [-0.3, -0.25) is 4.90 Å². The Hall–Kier alpha value is -3.07. The zero-order valence-corrected chi connectivity index (χ0v) is 18.1. The lowest BCUT2D eigenvalue weighted by Gasteiger charge is -2.20. The smallest absolute Gasteiger partial charge is 0.416 e. The summed E-state index contributed by atoms with van der Waals surface area (Å²) in [5.41, 5.74) is 1.34. The van der Waals surface area contributed by atoms with Gasteiger partial charge in [0, 0.05) is 29.7 Å². The van der Waals surface area contributed by atoms with Crippen molar-refractivity contribution in [3.63, 3.8) is 0 Å². The molecular formula is C22H22F3N3O2S. The van der Waals surface area contributed by atoms with Gasteiger partial charge in [0.1, 0.15) is 17.4 Å². The van der Waals surface area contributed by atoms with Crippen LogP contribution in [0.4, 0.5) is 23.7 Å². The number of alkyl halides is 3. The second kappa shape index (κ2) is 9.38. The molecule has 3 aromatic rings. The molecule has 0 spiro atoms. The zero-order chi connectivity index (χ0) is 22.6. The van der Waals surface area contributed by atoms with Gasteiger partial charge in [0.15, 0.2) is 0 Å². The predicted octanol–water partition coefficient (Wildman–Crippen LogP) is 5.96. The van der Waals surface area contributed by atoms with Crippen LogP contribution >= 0.6 is 11.3 Å². The number of anilines is 1. The van der Waals surface area contributed by atoms with Crippen molar-refractivity contribution in [2.45, 2.75) is 32.7 Å². The van der Waals surface area contributed by atoms with E-state index in [1.54, 1.807) is 31.3 Å². The maximum atomic E-state index is 12.7. The van der Waals surface area contributed by atoms with Crippen LogP contribution in [0.3, 0.4) is 0 Å². The molecule has 3 rings (SSSR count). The van der Waals surface area contributed by atoms with Crippen LogP contribution in [0.2, 0.25) is 0 Å². The van der Waals surface area contributed by atoms with E-state index in [-0.39, 0.29) is 18.7 Å². The quantitative estimate of drug-likeness (QED) is 0.505. The van der Waals surface area contributed by atoms with Gasteiger partial charge in [-0.15, -0.1) is 11.3 Å². The van der Waals surface area contributed by atoms with E-state index < -0.39 is 11.7 Å². The molecule has 1 aromatic heterocycles. The van der Waals surface area contributed by atoms with E-state index >= 15 is 0 Å². The average Bonchev–Trinajstić information content (AvgIpc) is 3.20. The van der Waals surface area contributed by atoms with E-state index in [0.717, 1.165) is 17.8 Å². The standard InChI is InChI=1S/C22H22F3N3O2S/c1-14(2)26-21(29)28(3)18-8-10-19(11-9-18)30-12-17-13-31-20(27-17)15-4-6-16(7-5-15)22(23,24)25/h4-11,13-14H,12H2,1-3H3,(H,26,29). The van der Waals surface area contributed by atoms with Gasteiger partial charge in [0.2, 0.25) is 0 Å². The molecule has 0 aliphatic heterocycles. The number of carbonyl (C=O) groups is 1. The van der Waals surface area contributed by atoms with Crippen LogP contribution in [0.15, 0.2) is 53.9 Å². The first-order valence-electron chi connectivity index (χ1n) is 9.52. The molecular weight excluding hydrogens is 427 g/mol. The van der Waals surface area contributed by atoms with Gasteiger partial charge in [-0.1, -0.05) is 12.1 Å². The lowest BCUT2D eigenvalue weighted by molar-refractivity contribution is -0.137. The Bertz CT molecular complexity index is 1020. The third-order valence-electron chi connectivity index (χ3n) is 4.34. The Morgan fingerprint density at radius 2 is 1.77 bits per heavy atom. The topological polar surface area (TPSA) is 54.5 Å². The van der Waals surface area contributed by atoms with Crippen LogP contribution in [0, 0.1) is 0 Å². The summed E-state index contributed by atoms with van der Waals surface area (Å²) in [7, 11) is 1.69. The number of benzene rings is 2. The van der Waals surface area contributed by atoms with Crippen molar-refractivity contribution in [2.24, 2.45) is 0 Å². The normalized spacial score (nSPS) is 11.5. The van der Waals surface area contributed by atoms with Gasteiger partial charge in [0.05, 0.1) is 11.3 Å². The van der Waals surface area contributed by atoms with Crippen molar-refractivity contribution in [1.82, 2.24) is 10.3 Å². The molecule has 0 saturated heterocycles. The Labute approximate surface area is 182 Å². The first kappa shape index (κ1) is 22.6. The third-order valence-corrected chi connectivity index (χ3v) is 5.28. The van der Waals surface area contributed by atoms with Crippen LogP contribution in [0.1, 0.15) is 25.1 Å². The van der Waals surface area contributed by atoms with Crippen molar-refractivity contribution < 1.29 is 22.7 Å². The van der Waals surface area contributed by atoms with E-state index in [2.05, 4.69) is 10.3 Å². The number of nitrogens with one attached hydrogen (secondary N) is 1. The van der Waals surface area contributed by atoms with Gasteiger partial charge >= 0.3 is 12.2 Å². The summed E-state index contributed by atoms with van der Waals surface area (Å²) >= 11 is 1.34. The molecule has 0 bridgehead atoms.